The van der Waals surface area contributed by atoms with Crippen molar-refractivity contribution in [2.45, 2.75) is 30.1 Å². The number of nitrogens with one attached hydrogen (secondary N) is 2. The molecular formula is C18H20FN3O2S3. The van der Waals surface area contributed by atoms with Gasteiger partial charge in [-0.1, -0.05) is 23.9 Å². The first kappa shape index (κ1) is 20.0. The molecule has 1 aromatic heterocycles. The zero-order valence-corrected chi connectivity index (χ0v) is 17.2. The molecule has 0 bridgehead atoms. The predicted molar refractivity (Wildman–Crippen MR) is 112 cm³/mol. The molecule has 9 heteroatoms. The van der Waals surface area contributed by atoms with Crippen LogP contribution in [0, 0.1) is 0 Å². The van der Waals surface area contributed by atoms with Crippen molar-refractivity contribution in [3.63, 3.8) is 0 Å². The maximum Gasteiger partial charge on any atom is 0.337 e. The molecule has 0 saturated carbocycles. The predicted octanol–water partition coefficient (Wildman–Crippen LogP) is 3.80. The standard InChI is InChI=1S/C18H20FN3O2S3/c1-11-15(13(10-19)21-17(25)20-11)16(23)24-8-4-5-9-26-18-22-12-6-2-3-7-14(12)27-18/h2-3,6-7,13H,4-5,8-10H2,1H3,(H2,20,21,25). The summed E-state index contributed by atoms with van der Waals surface area (Å²) < 4.78 is 20.7. The first-order valence-corrected chi connectivity index (χ1v) is 10.8. The molecule has 0 radical (unpaired) electrons. The fourth-order valence-electron chi connectivity index (χ4n) is 2.70. The van der Waals surface area contributed by atoms with E-state index in [1.807, 2.05) is 18.2 Å². The highest BCUT2D eigenvalue weighted by Crippen LogP contribution is 2.29. The van der Waals surface area contributed by atoms with Gasteiger partial charge < -0.3 is 15.4 Å². The van der Waals surface area contributed by atoms with Crippen molar-refractivity contribution < 1.29 is 13.9 Å². The average molecular weight is 426 g/mol. The molecule has 0 fully saturated rings. The topological polar surface area (TPSA) is 63.2 Å². The lowest BCUT2D eigenvalue weighted by atomic mass is 10.0. The lowest BCUT2D eigenvalue weighted by Gasteiger charge is -2.27. The van der Waals surface area contributed by atoms with E-state index in [1.54, 1.807) is 30.0 Å². The van der Waals surface area contributed by atoms with Gasteiger partial charge in [0.1, 0.15) is 6.67 Å². The van der Waals surface area contributed by atoms with Gasteiger partial charge in [-0.3, -0.25) is 0 Å². The number of fused-ring (bicyclic) bond motifs is 1. The number of para-hydroxylation sites is 1. The SMILES string of the molecule is CC1=C(C(=O)OCCCCSc2nc3ccccc3s2)C(CF)NC(=S)N1. The van der Waals surface area contributed by atoms with E-state index in [1.165, 1.54) is 4.70 Å². The summed E-state index contributed by atoms with van der Waals surface area (Å²) in [5, 5.41) is 5.90. The highest BCUT2D eigenvalue weighted by molar-refractivity contribution is 8.01. The quantitative estimate of drug-likeness (QED) is 0.289. The lowest BCUT2D eigenvalue weighted by Crippen LogP contribution is -2.50. The Kier molecular flexibility index (Phi) is 7.03. The van der Waals surface area contributed by atoms with E-state index in [4.69, 9.17) is 17.0 Å². The summed E-state index contributed by atoms with van der Waals surface area (Å²) >= 11 is 8.38. The fourth-order valence-corrected chi connectivity index (χ4v) is 5.13. The smallest absolute Gasteiger partial charge is 0.337 e. The Bertz CT molecular complexity index is 835. The third kappa shape index (κ3) is 5.18. The van der Waals surface area contributed by atoms with Crippen LogP contribution in [0.5, 0.6) is 0 Å². The summed E-state index contributed by atoms with van der Waals surface area (Å²) in [4.78, 5) is 16.8. The zero-order chi connectivity index (χ0) is 19.2. The van der Waals surface area contributed by atoms with E-state index in [0.717, 1.165) is 28.5 Å². The molecule has 144 valence electrons. The van der Waals surface area contributed by atoms with Crippen LogP contribution >= 0.6 is 35.3 Å². The van der Waals surface area contributed by atoms with E-state index in [-0.39, 0.29) is 5.57 Å². The van der Waals surface area contributed by atoms with Gasteiger partial charge in [-0.25, -0.2) is 14.2 Å². The first-order valence-electron chi connectivity index (χ1n) is 8.58. The molecule has 2 heterocycles. The number of esters is 1. The van der Waals surface area contributed by atoms with Gasteiger partial charge in [0.25, 0.3) is 0 Å². The summed E-state index contributed by atoms with van der Waals surface area (Å²) in [6, 6.07) is 7.33. The number of halogens is 1. The van der Waals surface area contributed by atoms with Crippen molar-refractivity contribution in [2.24, 2.45) is 0 Å². The zero-order valence-electron chi connectivity index (χ0n) is 14.8. The number of thiazole rings is 1. The highest BCUT2D eigenvalue weighted by atomic mass is 32.2. The van der Waals surface area contributed by atoms with Gasteiger partial charge in [0, 0.05) is 11.4 Å². The second-order valence-corrected chi connectivity index (χ2v) is 8.76. The normalized spacial score (nSPS) is 17.0. The van der Waals surface area contributed by atoms with Crippen LogP contribution in [0.4, 0.5) is 4.39 Å². The summed E-state index contributed by atoms with van der Waals surface area (Å²) in [5.41, 5.74) is 1.84. The third-order valence-electron chi connectivity index (χ3n) is 4.00. The van der Waals surface area contributed by atoms with Gasteiger partial charge in [-0.05, 0) is 44.1 Å². The number of carbonyl (C=O) groups is 1. The number of thioether (sulfide) groups is 1. The van der Waals surface area contributed by atoms with Gasteiger partial charge in [0.05, 0.1) is 28.4 Å². The van der Waals surface area contributed by atoms with Crippen LogP contribution in [0.1, 0.15) is 19.8 Å². The van der Waals surface area contributed by atoms with Crippen molar-refractivity contribution in [1.82, 2.24) is 15.6 Å². The Morgan fingerprint density at radius 2 is 2.22 bits per heavy atom. The number of allylic oxidation sites excluding steroid dienone is 1. The lowest BCUT2D eigenvalue weighted by molar-refractivity contribution is -0.139. The molecule has 1 unspecified atom stereocenters. The number of ether oxygens (including phenoxy) is 1. The van der Waals surface area contributed by atoms with Crippen LogP contribution in [-0.2, 0) is 9.53 Å². The highest BCUT2D eigenvalue weighted by Gasteiger charge is 2.29. The second-order valence-electron chi connectivity index (χ2n) is 5.98. The molecule has 0 saturated heterocycles. The summed E-state index contributed by atoms with van der Waals surface area (Å²) in [6.45, 7) is 1.28. The molecule has 3 rings (SSSR count). The fraction of sp³-hybridized carbons (Fsp3) is 0.389. The Morgan fingerprint density at radius 3 is 3.00 bits per heavy atom. The summed E-state index contributed by atoms with van der Waals surface area (Å²) in [7, 11) is 0. The van der Waals surface area contributed by atoms with Crippen molar-refractivity contribution >= 4 is 56.6 Å². The number of alkyl halides is 1. The number of unbranched alkanes of at least 4 members (excludes halogenated alkanes) is 1. The van der Waals surface area contributed by atoms with Gasteiger partial charge in [0.15, 0.2) is 9.45 Å². The maximum atomic E-state index is 13.2. The molecular weight excluding hydrogens is 405 g/mol. The first-order chi connectivity index (χ1) is 13.1. The minimum atomic E-state index is -0.749. The number of rotatable bonds is 8. The minimum Gasteiger partial charge on any atom is -0.462 e. The summed E-state index contributed by atoms with van der Waals surface area (Å²) in [6.07, 6.45) is 1.65. The van der Waals surface area contributed by atoms with E-state index in [9.17, 15) is 9.18 Å². The van der Waals surface area contributed by atoms with Crippen LogP contribution in [0.15, 0.2) is 39.9 Å². The number of aromatic nitrogens is 1. The molecule has 1 aliphatic heterocycles. The van der Waals surface area contributed by atoms with E-state index in [0.29, 0.717) is 17.4 Å². The molecule has 5 nitrogen and oxygen atoms in total. The van der Waals surface area contributed by atoms with Gasteiger partial charge in [-0.15, -0.1) is 11.3 Å². The number of hydrogen-bond donors (Lipinski definition) is 2. The number of benzene rings is 1. The van der Waals surface area contributed by atoms with Crippen molar-refractivity contribution in [3.05, 3.63) is 35.5 Å². The molecule has 1 atom stereocenters. The number of carbonyl (C=O) groups excluding carboxylic acids is 1. The largest absolute Gasteiger partial charge is 0.462 e. The van der Waals surface area contributed by atoms with E-state index in [2.05, 4.69) is 21.7 Å². The number of hydrogen-bond acceptors (Lipinski definition) is 6. The van der Waals surface area contributed by atoms with Crippen molar-refractivity contribution in [3.8, 4) is 0 Å². The Morgan fingerprint density at radius 1 is 1.41 bits per heavy atom. The summed E-state index contributed by atoms with van der Waals surface area (Å²) in [5.74, 6) is 0.403. The molecule has 0 amide bonds. The van der Waals surface area contributed by atoms with Crippen molar-refractivity contribution in [1.29, 1.82) is 0 Å². The minimum absolute atomic E-state index is 0.273. The van der Waals surface area contributed by atoms with Gasteiger partial charge in [0.2, 0.25) is 0 Å². The van der Waals surface area contributed by atoms with Gasteiger partial charge >= 0.3 is 5.97 Å². The van der Waals surface area contributed by atoms with Crippen LogP contribution < -0.4 is 10.6 Å². The molecule has 27 heavy (non-hydrogen) atoms. The van der Waals surface area contributed by atoms with Gasteiger partial charge in [-0.2, -0.15) is 0 Å². The Hall–Kier alpha value is -1.71. The number of thiocarbonyl (C=S) groups is 1. The monoisotopic (exact) mass is 425 g/mol. The van der Waals surface area contributed by atoms with Crippen LogP contribution in [-0.4, -0.2) is 41.1 Å². The molecule has 2 N–H and O–H groups in total. The van der Waals surface area contributed by atoms with Crippen molar-refractivity contribution in [2.75, 3.05) is 19.0 Å². The maximum absolute atomic E-state index is 13.2. The van der Waals surface area contributed by atoms with Crippen LogP contribution in [0.25, 0.3) is 10.2 Å². The molecule has 1 aromatic carbocycles. The van der Waals surface area contributed by atoms with Crippen LogP contribution in [0.2, 0.25) is 0 Å². The second kappa shape index (κ2) is 9.48. The molecule has 2 aromatic rings. The molecule has 0 spiro atoms. The molecule has 0 aliphatic carbocycles. The third-order valence-corrected chi connectivity index (χ3v) is 6.49. The molecule has 1 aliphatic rings. The van der Waals surface area contributed by atoms with E-state index < -0.39 is 18.7 Å². The van der Waals surface area contributed by atoms with Crippen LogP contribution in [0.3, 0.4) is 0 Å². The Labute approximate surface area is 170 Å². The number of nitrogens with zero attached hydrogens (tertiary/aromatic N) is 1. The average Bonchev–Trinajstić information content (AvgIpc) is 3.06. The van der Waals surface area contributed by atoms with E-state index >= 15 is 0 Å². The Balaban J connectivity index is 1.40.